The Balaban J connectivity index is 2.17. The second-order valence-corrected chi connectivity index (χ2v) is 5.93. The molecule has 2 N–H and O–H groups in total. The first-order valence-electron chi connectivity index (χ1n) is 7.41. The fourth-order valence-electron chi connectivity index (χ4n) is 2.04. The second kappa shape index (κ2) is 9.27. The molecule has 2 rings (SSSR count). The number of aromatic nitrogens is 1. The summed E-state index contributed by atoms with van der Waals surface area (Å²) in [5.74, 6) is 1.46. The minimum atomic E-state index is -0.0960. The summed E-state index contributed by atoms with van der Waals surface area (Å²) in [7, 11) is 1.61. The number of aliphatic imine (C=N–C) groups is 1. The number of hydrogen-bond donors (Lipinski definition) is 2. The van der Waals surface area contributed by atoms with Crippen molar-refractivity contribution in [3.05, 3.63) is 48.2 Å². The molecule has 0 amide bonds. The highest BCUT2D eigenvalue weighted by molar-refractivity contribution is 7.98. The van der Waals surface area contributed by atoms with Crippen molar-refractivity contribution < 1.29 is 14.7 Å². The monoisotopic (exact) mass is 347 g/mol. The Labute approximate surface area is 145 Å². The van der Waals surface area contributed by atoms with Crippen LogP contribution in [0.15, 0.2) is 52.5 Å². The predicted molar refractivity (Wildman–Crippen MR) is 95.3 cm³/mol. The van der Waals surface area contributed by atoms with E-state index in [0.717, 1.165) is 4.90 Å². The maximum Gasteiger partial charge on any atom is 0.219 e. The molecular formula is C17H21N3O3S. The molecule has 2 aromatic rings. The molecule has 24 heavy (non-hydrogen) atoms. The summed E-state index contributed by atoms with van der Waals surface area (Å²) >= 11 is 1.67. The zero-order valence-electron chi connectivity index (χ0n) is 13.9. The van der Waals surface area contributed by atoms with E-state index < -0.39 is 0 Å². The van der Waals surface area contributed by atoms with Gasteiger partial charge in [0.2, 0.25) is 5.88 Å². The van der Waals surface area contributed by atoms with Crippen LogP contribution >= 0.6 is 11.8 Å². The molecule has 1 aromatic carbocycles. The molecule has 0 aliphatic heterocycles. The third-order valence-electron chi connectivity index (χ3n) is 3.15. The largest absolute Gasteiger partial charge is 0.439 e. The molecule has 1 unspecified atom stereocenters. The van der Waals surface area contributed by atoms with E-state index in [4.69, 9.17) is 9.47 Å². The Morgan fingerprint density at radius 2 is 2.08 bits per heavy atom. The number of hydroxylamine groups is 1. The smallest absolute Gasteiger partial charge is 0.219 e. The van der Waals surface area contributed by atoms with Gasteiger partial charge in [-0.2, -0.15) is 0 Å². The Hall–Kier alpha value is -2.09. The first-order chi connectivity index (χ1) is 11.7. The van der Waals surface area contributed by atoms with Crippen LogP contribution in [0.2, 0.25) is 0 Å². The van der Waals surface area contributed by atoms with Crippen molar-refractivity contribution >= 4 is 17.6 Å². The fraction of sp³-hybridized carbons (Fsp3) is 0.294. The van der Waals surface area contributed by atoms with Crippen LogP contribution in [-0.4, -0.2) is 42.0 Å². The van der Waals surface area contributed by atoms with Gasteiger partial charge >= 0.3 is 0 Å². The average molecular weight is 347 g/mol. The lowest BCUT2D eigenvalue weighted by Gasteiger charge is -2.11. The fourth-order valence-corrected chi connectivity index (χ4v) is 2.45. The predicted octanol–water partition coefficient (Wildman–Crippen LogP) is 3.36. The SMILES string of the molecule is COCC(C)N=C(NO)c1ccnc(Oc2ccc(SC)cc2)c1. The number of thioether (sulfide) groups is 1. The number of amidine groups is 1. The van der Waals surface area contributed by atoms with Crippen LogP contribution in [0.25, 0.3) is 0 Å². The molecule has 1 atom stereocenters. The second-order valence-electron chi connectivity index (χ2n) is 5.05. The van der Waals surface area contributed by atoms with Crippen LogP contribution in [0, 0.1) is 0 Å². The number of rotatable bonds is 7. The highest BCUT2D eigenvalue weighted by Crippen LogP contribution is 2.23. The summed E-state index contributed by atoms with van der Waals surface area (Å²) in [5, 5.41) is 9.35. The summed E-state index contributed by atoms with van der Waals surface area (Å²) in [6.07, 6.45) is 3.63. The minimum absolute atomic E-state index is 0.0960. The maximum absolute atomic E-state index is 9.35. The van der Waals surface area contributed by atoms with Gasteiger partial charge in [-0.3, -0.25) is 15.7 Å². The Morgan fingerprint density at radius 1 is 1.33 bits per heavy atom. The van der Waals surface area contributed by atoms with E-state index in [2.05, 4.69) is 15.5 Å². The Bertz CT molecular complexity index is 677. The van der Waals surface area contributed by atoms with Crippen molar-refractivity contribution in [2.24, 2.45) is 4.99 Å². The molecule has 6 nitrogen and oxygen atoms in total. The molecular weight excluding hydrogens is 326 g/mol. The molecule has 0 aliphatic carbocycles. The van der Waals surface area contributed by atoms with Crippen LogP contribution < -0.4 is 10.2 Å². The summed E-state index contributed by atoms with van der Waals surface area (Å²) in [6, 6.07) is 11.1. The Kier molecular flexibility index (Phi) is 7.05. The van der Waals surface area contributed by atoms with E-state index in [-0.39, 0.29) is 6.04 Å². The topological polar surface area (TPSA) is 76.0 Å². The third kappa shape index (κ3) is 5.23. The molecule has 0 saturated heterocycles. The number of methoxy groups -OCH3 is 1. The van der Waals surface area contributed by atoms with E-state index in [0.29, 0.717) is 29.6 Å². The zero-order valence-corrected chi connectivity index (χ0v) is 14.7. The van der Waals surface area contributed by atoms with Gasteiger partial charge in [0.1, 0.15) is 5.75 Å². The molecule has 0 radical (unpaired) electrons. The van der Waals surface area contributed by atoms with Gasteiger partial charge < -0.3 is 9.47 Å². The van der Waals surface area contributed by atoms with E-state index in [1.165, 1.54) is 0 Å². The average Bonchev–Trinajstić information content (AvgIpc) is 2.61. The summed E-state index contributed by atoms with van der Waals surface area (Å²) < 4.78 is 10.8. The first kappa shape index (κ1) is 18.3. The maximum atomic E-state index is 9.35. The lowest BCUT2D eigenvalue weighted by molar-refractivity contribution is 0.184. The molecule has 1 heterocycles. The van der Waals surface area contributed by atoms with Crippen molar-refractivity contribution in [2.75, 3.05) is 20.0 Å². The lowest BCUT2D eigenvalue weighted by Crippen LogP contribution is -2.23. The van der Waals surface area contributed by atoms with Crippen LogP contribution in [0.1, 0.15) is 12.5 Å². The van der Waals surface area contributed by atoms with E-state index >= 15 is 0 Å². The van der Waals surface area contributed by atoms with Gasteiger partial charge in [0.15, 0.2) is 5.84 Å². The van der Waals surface area contributed by atoms with Gasteiger partial charge in [-0.25, -0.2) is 4.98 Å². The third-order valence-corrected chi connectivity index (χ3v) is 3.90. The van der Waals surface area contributed by atoms with Crippen molar-refractivity contribution in [3.8, 4) is 11.6 Å². The van der Waals surface area contributed by atoms with E-state index in [9.17, 15) is 5.21 Å². The van der Waals surface area contributed by atoms with Crippen LogP contribution in [0.3, 0.4) is 0 Å². The standard InChI is InChI=1S/C17H21N3O3S/c1-12(11-22-2)19-17(20-21)13-8-9-18-16(10-13)23-14-4-6-15(24-3)7-5-14/h4-10,12,21H,11H2,1-3H3,(H,19,20). The molecule has 1 aromatic heterocycles. The van der Waals surface area contributed by atoms with Gasteiger partial charge in [-0.05, 0) is 43.5 Å². The number of hydrogen-bond acceptors (Lipinski definition) is 6. The van der Waals surface area contributed by atoms with Gasteiger partial charge in [-0.1, -0.05) is 0 Å². The van der Waals surface area contributed by atoms with Crippen LogP contribution in [-0.2, 0) is 4.74 Å². The van der Waals surface area contributed by atoms with Gasteiger partial charge in [0, 0.05) is 29.8 Å². The van der Waals surface area contributed by atoms with Crippen molar-refractivity contribution in [2.45, 2.75) is 17.9 Å². The minimum Gasteiger partial charge on any atom is -0.439 e. The summed E-state index contributed by atoms with van der Waals surface area (Å²) in [6.45, 7) is 2.36. The molecule has 0 saturated carbocycles. The quantitative estimate of drug-likeness (QED) is 0.346. The molecule has 0 aliphatic rings. The highest BCUT2D eigenvalue weighted by Gasteiger charge is 2.08. The molecule has 0 fully saturated rings. The Morgan fingerprint density at radius 3 is 2.71 bits per heavy atom. The number of nitrogens with zero attached hydrogens (tertiary/aromatic N) is 2. The van der Waals surface area contributed by atoms with E-state index in [1.807, 2.05) is 37.4 Å². The normalized spacial score (nSPS) is 12.8. The molecule has 0 bridgehead atoms. The summed E-state index contributed by atoms with van der Waals surface area (Å²) in [5.41, 5.74) is 2.79. The molecule has 128 valence electrons. The van der Waals surface area contributed by atoms with Crippen LogP contribution in [0.5, 0.6) is 11.6 Å². The highest BCUT2D eigenvalue weighted by atomic mass is 32.2. The number of benzene rings is 1. The number of nitrogens with one attached hydrogen (secondary N) is 1. The number of ether oxygens (including phenoxy) is 2. The molecule has 7 heteroatoms. The molecule has 0 spiro atoms. The number of pyridine rings is 1. The van der Waals surface area contributed by atoms with E-state index in [1.54, 1.807) is 37.2 Å². The van der Waals surface area contributed by atoms with Crippen molar-refractivity contribution in [3.63, 3.8) is 0 Å². The zero-order chi connectivity index (χ0) is 17.4. The summed E-state index contributed by atoms with van der Waals surface area (Å²) in [4.78, 5) is 9.73. The van der Waals surface area contributed by atoms with Gasteiger partial charge in [0.05, 0.1) is 12.6 Å². The van der Waals surface area contributed by atoms with Gasteiger partial charge in [0.25, 0.3) is 0 Å². The first-order valence-corrected chi connectivity index (χ1v) is 8.64. The van der Waals surface area contributed by atoms with Crippen molar-refractivity contribution in [1.82, 2.24) is 10.5 Å². The van der Waals surface area contributed by atoms with Gasteiger partial charge in [-0.15, -0.1) is 11.8 Å². The van der Waals surface area contributed by atoms with Crippen LogP contribution in [0.4, 0.5) is 0 Å². The lowest BCUT2D eigenvalue weighted by atomic mass is 10.2. The van der Waals surface area contributed by atoms with Crippen molar-refractivity contribution in [1.29, 1.82) is 0 Å².